The third kappa shape index (κ3) is 35.0. The molecule has 0 heterocycles. The summed E-state index contributed by atoms with van der Waals surface area (Å²) in [5, 5.41) is 15.3. The van der Waals surface area contributed by atoms with Crippen LogP contribution in [0.3, 0.4) is 0 Å². The van der Waals surface area contributed by atoms with Crippen LogP contribution in [0.4, 0.5) is 4.79 Å². The summed E-state index contributed by atoms with van der Waals surface area (Å²) < 4.78 is 1.10. The third-order valence-electron chi connectivity index (χ3n) is 1.38. The summed E-state index contributed by atoms with van der Waals surface area (Å²) in [4.78, 5) is 8.44. The van der Waals surface area contributed by atoms with Crippen LogP contribution in [0.1, 0.15) is 20.3 Å². The van der Waals surface area contributed by atoms with Crippen molar-refractivity contribution in [2.24, 2.45) is 5.92 Å². The summed E-state index contributed by atoms with van der Waals surface area (Å²) in [5.41, 5.74) is 0. The Hall–Kier alpha value is -0.770. The molecular formula is C9H21NO3. The van der Waals surface area contributed by atoms with Crippen LogP contribution in [0.15, 0.2) is 0 Å². The minimum atomic E-state index is -2.08. The van der Waals surface area contributed by atoms with Crippen LogP contribution in [-0.4, -0.2) is 43.4 Å². The van der Waals surface area contributed by atoms with Crippen LogP contribution in [0.2, 0.25) is 0 Å². The maximum Gasteiger partial charge on any atom is 0.249 e. The molecule has 0 unspecified atom stereocenters. The van der Waals surface area contributed by atoms with Crippen molar-refractivity contribution >= 4 is 6.16 Å². The zero-order valence-electron chi connectivity index (χ0n) is 9.20. The molecule has 0 aliphatic heterocycles. The van der Waals surface area contributed by atoms with Crippen molar-refractivity contribution in [1.29, 1.82) is 0 Å². The van der Waals surface area contributed by atoms with E-state index >= 15 is 0 Å². The molecular weight excluding hydrogens is 170 g/mol. The number of rotatable bonds is 3. The number of quaternary nitrogens is 1. The molecule has 0 spiro atoms. The molecule has 0 radical (unpaired) electrons. The first-order valence-corrected chi connectivity index (χ1v) is 4.35. The van der Waals surface area contributed by atoms with Gasteiger partial charge in [-0.1, -0.05) is 13.8 Å². The fraction of sp³-hybridized carbons (Fsp3) is 0.889. The molecule has 4 heteroatoms. The number of carboxylic acid groups (broad SMARTS) is 2. The zero-order chi connectivity index (χ0) is 11.1. The second kappa shape index (κ2) is 6.71. The molecule has 0 aliphatic carbocycles. The second-order valence-corrected chi connectivity index (χ2v) is 4.46. The minimum Gasteiger partial charge on any atom is -0.565 e. The summed E-state index contributed by atoms with van der Waals surface area (Å²) in [6.45, 7) is 5.84. The Labute approximate surface area is 80.4 Å². The zero-order valence-corrected chi connectivity index (χ0v) is 9.20. The van der Waals surface area contributed by atoms with Gasteiger partial charge in [0.1, 0.15) is 0 Å². The third-order valence-corrected chi connectivity index (χ3v) is 1.38. The fourth-order valence-corrected chi connectivity index (χ4v) is 0.645. The van der Waals surface area contributed by atoms with E-state index in [4.69, 9.17) is 15.0 Å². The lowest BCUT2D eigenvalue weighted by atomic mass is 10.1. The molecule has 0 atom stereocenters. The molecule has 0 aliphatic rings. The van der Waals surface area contributed by atoms with Gasteiger partial charge in [0.2, 0.25) is 6.16 Å². The molecule has 4 nitrogen and oxygen atoms in total. The number of nitrogens with zero attached hydrogens (tertiary/aromatic N) is 1. The van der Waals surface area contributed by atoms with Crippen molar-refractivity contribution in [3.05, 3.63) is 0 Å². The molecule has 0 aromatic heterocycles. The lowest BCUT2D eigenvalue weighted by molar-refractivity contribution is -0.870. The molecule has 0 aromatic rings. The van der Waals surface area contributed by atoms with Gasteiger partial charge in [-0.3, -0.25) is 0 Å². The summed E-state index contributed by atoms with van der Waals surface area (Å²) >= 11 is 0. The highest BCUT2D eigenvalue weighted by Gasteiger charge is 2.06. The maximum atomic E-state index is 8.44. The maximum absolute atomic E-state index is 8.44. The molecule has 0 rings (SSSR count). The Morgan fingerprint density at radius 1 is 1.38 bits per heavy atom. The van der Waals surface area contributed by atoms with E-state index in [2.05, 4.69) is 35.0 Å². The van der Waals surface area contributed by atoms with E-state index in [1.807, 2.05) is 0 Å². The molecule has 0 saturated carbocycles. The van der Waals surface area contributed by atoms with Gasteiger partial charge in [0.05, 0.1) is 27.7 Å². The summed E-state index contributed by atoms with van der Waals surface area (Å²) in [6.07, 6.45) is -0.747. The van der Waals surface area contributed by atoms with Gasteiger partial charge in [-0.2, -0.15) is 0 Å². The minimum absolute atomic E-state index is 0.849. The van der Waals surface area contributed by atoms with Crippen molar-refractivity contribution in [1.82, 2.24) is 0 Å². The van der Waals surface area contributed by atoms with Crippen LogP contribution >= 0.6 is 0 Å². The first-order valence-electron chi connectivity index (χ1n) is 4.35. The Balaban J connectivity index is 0. The Morgan fingerprint density at radius 3 is 1.77 bits per heavy atom. The first kappa shape index (κ1) is 14.7. The van der Waals surface area contributed by atoms with Gasteiger partial charge in [0.25, 0.3) is 0 Å². The van der Waals surface area contributed by atoms with E-state index in [9.17, 15) is 0 Å². The van der Waals surface area contributed by atoms with Gasteiger partial charge in [-0.15, -0.1) is 0 Å². The standard InChI is InChI=1S/C8H20N.CH2O3/c1-8(2)6-7-9(3,4)5;2-1(3)4/h8H,6-7H2,1-5H3;(H2,2,3,4)/q+1;/p-1. The van der Waals surface area contributed by atoms with Crippen molar-refractivity contribution in [3.8, 4) is 0 Å². The van der Waals surface area contributed by atoms with E-state index in [1.165, 1.54) is 13.0 Å². The lowest BCUT2D eigenvalue weighted by Crippen LogP contribution is -2.35. The monoisotopic (exact) mass is 191 g/mol. The van der Waals surface area contributed by atoms with Gasteiger partial charge in [0.15, 0.2) is 0 Å². The highest BCUT2D eigenvalue weighted by molar-refractivity contribution is 5.50. The van der Waals surface area contributed by atoms with E-state index in [1.54, 1.807) is 0 Å². The predicted molar refractivity (Wildman–Crippen MR) is 50.4 cm³/mol. The number of hydrogen-bond donors (Lipinski definition) is 1. The quantitative estimate of drug-likeness (QED) is 0.665. The van der Waals surface area contributed by atoms with Crippen LogP contribution < -0.4 is 5.11 Å². The lowest BCUT2D eigenvalue weighted by Gasteiger charge is -2.24. The normalized spacial score (nSPS) is 10.6. The van der Waals surface area contributed by atoms with Crippen molar-refractivity contribution in [2.45, 2.75) is 20.3 Å². The van der Waals surface area contributed by atoms with Crippen molar-refractivity contribution < 1.29 is 19.5 Å². The molecule has 80 valence electrons. The van der Waals surface area contributed by atoms with Gasteiger partial charge in [0, 0.05) is 0 Å². The van der Waals surface area contributed by atoms with Gasteiger partial charge in [-0.05, 0) is 12.3 Å². The summed E-state index contributed by atoms with van der Waals surface area (Å²) in [7, 11) is 6.72. The number of carbonyl (C=O) groups is 1. The van der Waals surface area contributed by atoms with Crippen molar-refractivity contribution in [3.63, 3.8) is 0 Å². The average molecular weight is 191 g/mol. The summed E-state index contributed by atoms with van der Waals surface area (Å²) in [5.74, 6) is 0.849. The highest BCUT2D eigenvalue weighted by Crippen LogP contribution is 2.02. The summed E-state index contributed by atoms with van der Waals surface area (Å²) in [6, 6.07) is 0. The van der Waals surface area contributed by atoms with Crippen LogP contribution in [0.25, 0.3) is 0 Å². The molecule has 0 aromatic carbocycles. The van der Waals surface area contributed by atoms with Crippen LogP contribution in [0, 0.1) is 5.92 Å². The molecule has 0 bridgehead atoms. The highest BCUT2D eigenvalue weighted by atomic mass is 16.6. The van der Waals surface area contributed by atoms with Gasteiger partial charge in [-0.25, -0.2) is 0 Å². The van der Waals surface area contributed by atoms with Gasteiger partial charge < -0.3 is 19.5 Å². The Kier molecular flexibility index (Phi) is 7.61. The topological polar surface area (TPSA) is 60.4 Å². The molecule has 1 N–H and O–H groups in total. The van der Waals surface area contributed by atoms with Crippen LogP contribution in [0.5, 0.6) is 0 Å². The Bertz CT molecular complexity index is 134. The average Bonchev–Trinajstić information content (AvgIpc) is 1.80. The molecule has 0 fully saturated rings. The van der Waals surface area contributed by atoms with E-state index in [0.717, 1.165) is 10.4 Å². The first-order chi connectivity index (χ1) is 5.65. The van der Waals surface area contributed by atoms with Gasteiger partial charge >= 0.3 is 0 Å². The van der Waals surface area contributed by atoms with Crippen molar-refractivity contribution in [2.75, 3.05) is 27.7 Å². The SMILES string of the molecule is CC(C)CC[N+](C)(C)C.O=C([O-])O. The fourth-order valence-electron chi connectivity index (χ4n) is 0.645. The molecule has 13 heavy (non-hydrogen) atoms. The molecule has 0 saturated heterocycles. The smallest absolute Gasteiger partial charge is 0.249 e. The largest absolute Gasteiger partial charge is 0.565 e. The van der Waals surface area contributed by atoms with E-state index in [-0.39, 0.29) is 0 Å². The van der Waals surface area contributed by atoms with E-state index in [0.29, 0.717) is 0 Å². The Morgan fingerprint density at radius 2 is 1.69 bits per heavy atom. The second-order valence-electron chi connectivity index (χ2n) is 4.46. The number of hydrogen-bond acceptors (Lipinski definition) is 2. The van der Waals surface area contributed by atoms with E-state index < -0.39 is 6.16 Å². The van der Waals surface area contributed by atoms with Crippen LogP contribution in [-0.2, 0) is 0 Å². The molecule has 0 amide bonds. The predicted octanol–water partition coefficient (Wildman–Crippen LogP) is 0.626.